The topological polar surface area (TPSA) is 59.2 Å². The maximum Gasteiger partial charge on any atom is 0.263 e. The second-order valence-electron chi connectivity index (χ2n) is 5.13. The summed E-state index contributed by atoms with van der Waals surface area (Å²) in [5, 5.41) is 0.571. The number of ether oxygens (including phenoxy) is 1. The van der Waals surface area contributed by atoms with Crippen LogP contribution in [-0.4, -0.2) is 19.0 Å². The van der Waals surface area contributed by atoms with Crippen LogP contribution >= 0.6 is 10.7 Å². The summed E-state index contributed by atoms with van der Waals surface area (Å²) >= 11 is 0. The largest absolute Gasteiger partial charge is 0.487 e. The summed E-state index contributed by atoms with van der Waals surface area (Å²) < 4.78 is 28.7. The molecule has 96 valence electrons. The molecule has 0 radical (unpaired) electrons. The number of hydrogen-bond acceptors (Lipinski definition) is 3. The number of hydrogen-bond donors (Lipinski definition) is 1. The Labute approximate surface area is 109 Å². The zero-order valence-electron chi connectivity index (χ0n) is 9.95. The van der Waals surface area contributed by atoms with Gasteiger partial charge in [-0.15, -0.1) is 0 Å². The van der Waals surface area contributed by atoms with Gasteiger partial charge in [-0.05, 0) is 26.0 Å². The van der Waals surface area contributed by atoms with E-state index in [4.69, 9.17) is 15.4 Å². The van der Waals surface area contributed by atoms with Crippen LogP contribution in [-0.2, 0) is 15.5 Å². The van der Waals surface area contributed by atoms with Crippen molar-refractivity contribution in [3.8, 4) is 5.75 Å². The normalized spacial score (nSPS) is 17.7. The van der Waals surface area contributed by atoms with Gasteiger partial charge in [0.2, 0.25) is 0 Å². The number of aromatic nitrogens is 1. The molecule has 6 heteroatoms. The van der Waals surface area contributed by atoms with E-state index in [0.29, 0.717) is 5.39 Å². The summed E-state index contributed by atoms with van der Waals surface area (Å²) in [5.74, 6) is 0.730. The van der Waals surface area contributed by atoms with Crippen LogP contribution in [0.1, 0.15) is 19.4 Å². The number of fused-ring (bicyclic) bond motifs is 2. The molecule has 1 aliphatic rings. The van der Waals surface area contributed by atoms with E-state index in [0.717, 1.165) is 23.3 Å². The molecule has 0 fully saturated rings. The first-order valence-electron chi connectivity index (χ1n) is 5.54. The molecule has 1 aromatic carbocycles. The lowest BCUT2D eigenvalue weighted by atomic mass is 10.0. The highest BCUT2D eigenvalue weighted by Crippen LogP contribution is 2.39. The number of benzene rings is 1. The molecule has 4 nitrogen and oxygen atoms in total. The lowest BCUT2D eigenvalue weighted by Crippen LogP contribution is -2.24. The summed E-state index contributed by atoms with van der Waals surface area (Å²) in [7, 11) is 1.65. The highest BCUT2D eigenvalue weighted by Gasteiger charge is 2.31. The molecule has 0 saturated heterocycles. The Morgan fingerprint density at radius 2 is 2.11 bits per heavy atom. The Hall–Kier alpha value is -1.20. The molecule has 0 spiro atoms. The van der Waals surface area contributed by atoms with Crippen LogP contribution in [0.3, 0.4) is 0 Å². The highest BCUT2D eigenvalue weighted by molar-refractivity contribution is 8.14. The van der Waals surface area contributed by atoms with Gasteiger partial charge in [0.15, 0.2) is 0 Å². The van der Waals surface area contributed by atoms with Gasteiger partial charge in [-0.25, -0.2) is 8.42 Å². The minimum atomic E-state index is -3.75. The predicted molar refractivity (Wildman–Crippen MR) is 69.7 cm³/mol. The minimum Gasteiger partial charge on any atom is -0.487 e. The lowest BCUT2D eigenvalue weighted by Gasteiger charge is -2.16. The molecular formula is C12H12ClNO3S. The Morgan fingerprint density at radius 1 is 1.39 bits per heavy atom. The fourth-order valence-corrected chi connectivity index (χ4v) is 3.41. The van der Waals surface area contributed by atoms with Crippen LogP contribution in [0.25, 0.3) is 10.9 Å². The molecule has 0 bridgehead atoms. The van der Waals surface area contributed by atoms with Crippen molar-refractivity contribution in [1.82, 2.24) is 4.98 Å². The third kappa shape index (κ3) is 1.78. The van der Waals surface area contributed by atoms with Gasteiger partial charge in [0.1, 0.15) is 16.2 Å². The molecule has 2 aromatic rings. The van der Waals surface area contributed by atoms with Gasteiger partial charge in [0.25, 0.3) is 9.05 Å². The van der Waals surface area contributed by atoms with Crippen LogP contribution in [0.2, 0.25) is 0 Å². The maximum atomic E-state index is 11.4. The molecule has 0 aliphatic carbocycles. The minimum absolute atomic E-state index is 0.0928. The highest BCUT2D eigenvalue weighted by atomic mass is 35.7. The second kappa shape index (κ2) is 3.42. The molecule has 1 aliphatic heterocycles. The Kier molecular flexibility index (Phi) is 2.26. The molecule has 2 heterocycles. The van der Waals surface area contributed by atoms with E-state index in [9.17, 15) is 8.42 Å². The molecule has 3 rings (SSSR count). The van der Waals surface area contributed by atoms with Crippen LogP contribution in [0, 0.1) is 0 Å². The summed E-state index contributed by atoms with van der Waals surface area (Å²) in [4.78, 5) is 3.03. The van der Waals surface area contributed by atoms with Crippen molar-refractivity contribution >= 4 is 30.6 Å². The predicted octanol–water partition coefficient (Wildman–Crippen LogP) is 2.81. The van der Waals surface area contributed by atoms with Crippen molar-refractivity contribution < 1.29 is 13.2 Å². The first-order valence-corrected chi connectivity index (χ1v) is 7.85. The summed E-state index contributed by atoms with van der Waals surface area (Å²) in [5.41, 5.74) is 1.59. The zero-order valence-corrected chi connectivity index (χ0v) is 11.5. The molecule has 1 aromatic heterocycles. The fourth-order valence-electron chi connectivity index (χ4n) is 2.40. The standard InChI is InChI=1S/C12H12ClNO3S/c1-12(2)5-7-3-9-8(4-10(7)17-12)11(6-14-9)18(13,15)16/h3-4,6,14H,5H2,1-2H3. The van der Waals surface area contributed by atoms with E-state index < -0.39 is 9.05 Å². The Morgan fingerprint density at radius 3 is 2.78 bits per heavy atom. The Bertz CT molecular complexity index is 746. The first-order chi connectivity index (χ1) is 8.26. The summed E-state index contributed by atoms with van der Waals surface area (Å²) in [6, 6.07) is 3.66. The zero-order chi connectivity index (χ0) is 13.1. The van der Waals surface area contributed by atoms with E-state index in [2.05, 4.69) is 4.98 Å². The number of H-pyrrole nitrogens is 1. The molecular weight excluding hydrogens is 274 g/mol. The average molecular weight is 286 g/mol. The van der Waals surface area contributed by atoms with Crippen molar-refractivity contribution in [3.05, 3.63) is 23.9 Å². The van der Waals surface area contributed by atoms with Gasteiger partial charge < -0.3 is 9.72 Å². The van der Waals surface area contributed by atoms with Gasteiger partial charge in [0, 0.05) is 39.8 Å². The van der Waals surface area contributed by atoms with E-state index >= 15 is 0 Å². The smallest absolute Gasteiger partial charge is 0.263 e. The lowest BCUT2D eigenvalue weighted by molar-refractivity contribution is 0.138. The SMILES string of the molecule is CC1(C)Cc2cc3[nH]cc(S(=O)(=O)Cl)c3cc2O1. The third-order valence-corrected chi connectivity index (χ3v) is 4.45. The molecule has 0 atom stereocenters. The monoisotopic (exact) mass is 285 g/mol. The number of rotatable bonds is 1. The molecule has 18 heavy (non-hydrogen) atoms. The summed E-state index contributed by atoms with van der Waals surface area (Å²) in [6.07, 6.45) is 2.22. The van der Waals surface area contributed by atoms with E-state index in [-0.39, 0.29) is 10.5 Å². The van der Waals surface area contributed by atoms with Crippen molar-refractivity contribution in [2.75, 3.05) is 0 Å². The molecule has 0 unspecified atom stereocenters. The van der Waals surface area contributed by atoms with Gasteiger partial charge in [-0.3, -0.25) is 0 Å². The third-order valence-electron chi connectivity index (χ3n) is 3.09. The van der Waals surface area contributed by atoms with Crippen LogP contribution in [0.4, 0.5) is 0 Å². The van der Waals surface area contributed by atoms with E-state index in [1.54, 1.807) is 6.07 Å². The number of nitrogens with one attached hydrogen (secondary N) is 1. The first kappa shape index (κ1) is 11.9. The van der Waals surface area contributed by atoms with Gasteiger partial charge in [-0.1, -0.05) is 0 Å². The van der Waals surface area contributed by atoms with Crippen molar-refractivity contribution in [2.45, 2.75) is 30.8 Å². The molecule has 0 amide bonds. The Balaban J connectivity index is 2.26. The van der Waals surface area contributed by atoms with Gasteiger partial charge in [0.05, 0.1) is 0 Å². The number of halogens is 1. The van der Waals surface area contributed by atoms with Crippen LogP contribution in [0.5, 0.6) is 5.75 Å². The quantitative estimate of drug-likeness (QED) is 0.820. The van der Waals surface area contributed by atoms with Crippen LogP contribution < -0.4 is 4.74 Å². The van der Waals surface area contributed by atoms with Gasteiger partial charge >= 0.3 is 0 Å². The second-order valence-corrected chi connectivity index (χ2v) is 7.67. The maximum absolute atomic E-state index is 11.4. The summed E-state index contributed by atoms with van der Waals surface area (Å²) in [6.45, 7) is 4.00. The van der Waals surface area contributed by atoms with E-state index in [1.165, 1.54) is 6.20 Å². The van der Waals surface area contributed by atoms with Crippen molar-refractivity contribution in [1.29, 1.82) is 0 Å². The fraction of sp³-hybridized carbons (Fsp3) is 0.333. The molecule has 1 N–H and O–H groups in total. The van der Waals surface area contributed by atoms with E-state index in [1.807, 2.05) is 19.9 Å². The van der Waals surface area contributed by atoms with Crippen LogP contribution in [0.15, 0.2) is 23.2 Å². The van der Waals surface area contributed by atoms with Crippen molar-refractivity contribution in [2.24, 2.45) is 0 Å². The molecule has 0 saturated carbocycles. The average Bonchev–Trinajstić information content (AvgIpc) is 2.70. The number of aromatic amines is 1. The van der Waals surface area contributed by atoms with Gasteiger partial charge in [-0.2, -0.15) is 0 Å². The van der Waals surface area contributed by atoms with Crippen molar-refractivity contribution in [3.63, 3.8) is 0 Å².